The number of amides is 1. The molecule has 0 saturated carbocycles. The Hall–Kier alpha value is -2.60. The Kier molecular flexibility index (Phi) is 5.22. The molecule has 1 unspecified atom stereocenters. The number of likely N-dealkylation sites (tertiary alicyclic amines) is 1. The van der Waals surface area contributed by atoms with E-state index in [1.54, 1.807) is 23.1 Å². The van der Waals surface area contributed by atoms with Gasteiger partial charge in [0.2, 0.25) is 5.89 Å². The van der Waals surface area contributed by atoms with Gasteiger partial charge >= 0.3 is 0 Å². The van der Waals surface area contributed by atoms with Crippen molar-refractivity contribution in [3.05, 3.63) is 70.7 Å². The molecule has 3 aromatic rings. The second kappa shape index (κ2) is 7.80. The summed E-state index contributed by atoms with van der Waals surface area (Å²) in [6.45, 7) is 4.72. The lowest BCUT2D eigenvalue weighted by Gasteiger charge is -2.23. The lowest BCUT2D eigenvalue weighted by Crippen LogP contribution is -2.32. The molecule has 0 spiro atoms. The number of nitrogens with zero attached hydrogens (tertiary/aromatic N) is 4. The summed E-state index contributed by atoms with van der Waals surface area (Å²) in [7, 11) is 0. The summed E-state index contributed by atoms with van der Waals surface area (Å²) in [5.41, 5.74) is 1.59. The van der Waals surface area contributed by atoms with Crippen LogP contribution in [-0.4, -0.2) is 32.1 Å². The number of rotatable bonds is 5. The Labute approximate surface area is 169 Å². The highest BCUT2D eigenvalue weighted by molar-refractivity contribution is 6.31. The summed E-state index contributed by atoms with van der Waals surface area (Å²) < 4.78 is 7.78. The second-order valence-electron chi connectivity index (χ2n) is 7.34. The predicted octanol–water partition coefficient (Wildman–Crippen LogP) is 4.67. The van der Waals surface area contributed by atoms with Crippen molar-refractivity contribution in [3.8, 4) is 0 Å². The van der Waals surface area contributed by atoms with Gasteiger partial charge in [0.05, 0.1) is 6.20 Å². The van der Waals surface area contributed by atoms with Crippen LogP contribution in [-0.2, 0) is 6.42 Å². The highest BCUT2D eigenvalue weighted by atomic mass is 35.5. The van der Waals surface area contributed by atoms with Gasteiger partial charge in [0, 0.05) is 30.2 Å². The zero-order chi connectivity index (χ0) is 19.7. The van der Waals surface area contributed by atoms with Gasteiger partial charge in [-0.25, -0.2) is 4.98 Å². The van der Waals surface area contributed by atoms with Crippen LogP contribution >= 0.6 is 11.6 Å². The molecule has 3 heterocycles. The molecule has 7 heteroatoms. The summed E-state index contributed by atoms with van der Waals surface area (Å²) >= 11 is 6.25. The van der Waals surface area contributed by atoms with E-state index in [0.717, 1.165) is 24.2 Å². The molecule has 1 aliphatic heterocycles. The van der Waals surface area contributed by atoms with E-state index in [2.05, 4.69) is 10.1 Å². The number of aromatic nitrogens is 3. The first-order valence-corrected chi connectivity index (χ1v) is 9.95. The fraction of sp³-hybridized carbons (Fsp3) is 0.381. The topological polar surface area (TPSA) is 64.2 Å². The molecular formula is C21H23ClN4O2. The molecule has 2 aromatic heterocycles. The van der Waals surface area contributed by atoms with Gasteiger partial charge in [0.1, 0.15) is 17.5 Å². The first kappa shape index (κ1) is 18.7. The number of oxazole rings is 1. The second-order valence-corrected chi connectivity index (χ2v) is 7.75. The van der Waals surface area contributed by atoms with Crippen LogP contribution < -0.4 is 0 Å². The molecular weight excluding hydrogens is 376 g/mol. The lowest BCUT2D eigenvalue weighted by molar-refractivity contribution is 0.0700. The minimum atomic E-state index is -0.150. The predicted molar refractivity (Wildman–Crippen MR) is 106 cm³/mol. The molecule has 1 atom stereocenters. The average molecular weight is 399 g/mol. The molecule has 1 aromatic carbocycles. The SMILES string of the molecule is CC(C)n1nccc1C(=O)N1CCCC1c1ncc(Cc2ccccc2Cl)o1. The van der Waals surface area contributed by atoms with Gasteiger partial charge in [-0.15, -0.1) is 0 Å². The molecule has 1 saturated heterocycles. The summed E-state index contributed by atoms with van der Waals surface area (Å²) in [6, 6.07) is 9.44. The third-order valence-electron chi connectivity index (χ3n) is 5.07. The Bertz CT molecular complexity index is 978. The van der Waals surface area contributed by atoms with Gasteiger partial charge in [0.15, 0.2) is 0 Å². The number of halogens is 1. The van der Waals surface area contributed by atoms with E-state index in [4.69, 9.17) is 16.0 Å². The molecule has 1 aliphatic rings. The first-order chi connectivity index (χ1) is 13.5. The van der Waals surface area contributed by atoms with Gasteiger partial charge in [-0.2, -0.15) is 5.10 Å². The standard InChI is InChI=1S/C21H23ClN4O2/c1-14(2)26-19(9-10-24-26)21(27)25-11-5-8-18(25)20-23-13-16(28-20)12-15-6-3-4-7-17(15)22/h3-4,6-7,9-10,13-14,18H,5,8,11-12H2,1-2H3. The van der Waals surface area contributed by atoms with Crippen LogP contribution in [0.3, 0.4) is 0 Å². The maximum atomic E-state index is 13.1. The Balaban J connectivity index is 1.54. The maximum Gasteiger partial charge on any atom is 0.272 e. The van der Waals surface area contributed by atoms with Crippen molar-refractivity contribution in [1.29, 1.82) is 0 Å². The Morgan fingerprint density at radius 1 is 1.32 bits per heavy atom. The average Bonchev–Trinajstić information content (AvgIpc) is 3.43. The number of hydrogen-bond donors (Lipinski definition) is 0. The Morgan fingerprint density at radius 2 is 2.14 bits per heavy atom. The van der Waals surface area contributed by atoms with E-state index in [0.29, 0.717) is 29.6 Å². The molecule has 28 heavy (non-hydrogen) atoms. The van der Waals surface area contributed by atoms with Crippen LogP contribution in [0.15, 0.2) is 47.1 Å². The number of hydrogen-bond acceptors (Lipinski definition) is 4. The summed E-state index contributed by atoms with van der Waals surface area (Å²) in [4.78, 5) is 19.5. The largest absolute Gasteiger partial charge is 0.443 e. The van der Waals surface area contributed by atoms with Crippen LogP contribution in [0, 0.1) is 0 Å². The summed E-state index contributed by atoms with van der Waals surface area (Å²) in [5, 5.41) is 4.99. The number of carbonyl (C=O) groups is 1. The van der Waals surface area contributed by atoms with E-state index in [1.165, 1.54) is 0 Å². The van der Waals surface area contributed by atoms with E-state index < -0.39 is 0 Å². The number of carbonyl (C=O) groups excluding carboxylic acids is 1. The van der Waals surface area contributed by atoms with Crippen LogP contribution in [0.4, 0.5) is 0 Å². The van der Waals surface area contributed by atoms with Crippen LogP contribution in [0.1, 0.15) is 66.5 Å². The minimum absolute atomic E-state index is 0.0282. The summed E-state index contributed by atoms with van der Waals surface area (Å²) in [6.07, 6.45) is 5.75. The van der Waals surface area contributed by atoms with E-state index in [-0.39, 0.29) is 18.0 Å². The van der Waals surface area contributed by atoms with Crippen LogP contribution in [0.25, 0.3) is 0 Å². The zero-order valence-corrected chi connectivity index (χ0v) is 16.8. The van der Waals surface area contributed by atoms with Gasteiger partial charge in [-0.3, -0.25) is 9.48 Å². The molecule has 0 bridgehead atoms. The molecule has 0 aliphatic carbocycles. The molecule has 1 fully saturated rings. The minimum Gasteiger partial charge on any atom is -0.443 e. The third kappa shape index (κ3) is 3.56. The van der Waals surface area contributed by atoms with Gasteiger partial charge in [-0.1, -0.05) is 29.8 Å². The lowest BCUT2D eigenvalue weighted by atomic mass is 10.1. The van der Waals surface area contributed by atoms with Gasteiger partial charge in [-0.05, 0) is 44.4 Å². The quantitative estimate of drug-likeness (QED) is 0.626. The van der Waals surface area contributed by atoms with Crippen LogP contribution in [0.2, 0.25) is 5.02 Å². The molecule has 0 N–H and O–H groups in total. The Morgan fingerprint density at radius 3 is 2.93 bits per heavy atom. The van der Waals surface area contributed by atoms with Crippen molar-refractivity contribution >= 4 is 17.5 Å². The highest BCUT2D eigenvalue weighted by Crippen LogP contribution is 2.33. The molecule has 0 radical (unpaired) electrons. The number of benzene rings is 1. The van der Waals surface area contributed by atoms with Crippen LogP contribution in [0.5, 0.6) is 0 Å². The molecule has 6 nitrogen and oxygen atoms in total. The van der Waals surface area contributed by atoms with Crippen molar-refractivity contribution in [1.82, 2.24) is 19.7 Å². The monoisotopic (exact) mass is 398 g/mol. The first-order valence-electron chi connectivity index (χ1n) is 9.57. The van der Waals surface area contributed by atoms with Crippen molar-refractivity contribution in [2.75, 3.05) is 6.54 Å². The van der Waals surface area contributed by atoms with E-state index in [1.807, 2.05) is 43.0 Å². The van der Waals surface area contributed by atoms with E-state index >= 15 is 0 Å². The van der Waals surface area contributed by atoms with Crippen molar-refractivity contribution < 1.29 is 9.21 Å². The fourth-order valence-corrected chi connectivity index (χ4v) is 3.90. The van der Waals surface area contributed by atoms with Crippen molar-refractivity contribution in [2.24, 2.45) is 0 Å². The van der Waals surface area contributed by atoms with Gasteiger partial charge in [0.25, 0.3) is 5.91 Å². The normalized spacial score (nSPS) is 16.9. The zero-order valence-electron chi connectivity index (χ0n) is 16.0. The molecule has 1 amide bonds. The van der Waals surface area contributed by atoms with Crippen molar-refractivity contribution in [3.63, 3.8) is 0 Å². The molecule has 4 rings (SSSR count). The van der Waals surface area contributed by atoms with Crippen molar-refractivity contribution in [2.45, 2.75) is 45.2 Å². The third-order valence-corrected chi connectivity index (χ3v) is 5.44. The molecule has 146 valence electrons. The fourth-order valence-electron chi connectivity index (χ4n) is 3.70. The van der Waals surface area contributed by atoms with E-state index in [9.17, 15) is 4.79 Å². The smallest absolute Gasteiger partial charge is 0.272 e. The highest BCUT2D eigenvalue weighted by Gasteiger charge is 2.35. The van der Waals surface area contributed by atoms with Gasteiger partial charge < -0.3 is 9.32 Å². The summed E-state index contributed by atoms with van der Waals surface area (Å²) in [5.74, 6) is 1.30. The maximum absolute atomic E-state index is 13.1.